The van der Waals surface area contributed by atoms with Crippen LogP contribution in [0.4, 0.5) is 11.4 Å². The second kappa shape index (κ2) is 14.0. The molecule has 0 saturated carbocycles. The molecule has 0 atom stereocenters. The third kappa shape index (κ3) is 6.22. The van der Waals surface area contributed by atoms with E-state index < -0.39 is 0 Å². The first kappa shape index (κ1) is 32.4. The molecule has 3 heteroatoms. The molecule has 0 bridgehead atoms. The van der Waals surface area contributed by atoms with Gasteiger partial charge in [-0.25, -0.2) is 4.98 Å². The predicted molar refractivity (Wildman–Crippen MR) is 229 cm³/mol. The summed E-state index contributed by atoms with van der Waals surface area (Å²) in [5.41, 5.74) is 13.3. The highest BCUT2D eigenvalue weighted by atomic mass is 16.3. The van der Waals surface area contributed by atoms with Crippen molar-refractivity contribution >= 4 is 44.0 Å². The van der Waals surface area contributed by atoms with Crippen LogP contribution in [0.3, 0.4) is 0 Å². The summed E-state index contributed by atoms with van der Waals surface area (Å²) in [5, 5.41) is 4.64. The highest BCUT2D eigenvalue weighted by molar-refractivity contribution is 6.05. The van der Waals surface area contributed by atoms with Crippen molar-refractivity contribution in [1.29, 1.82) is 0 Å². The lowest BCUT2D eigenvalue weighted by Crippen LogP contribution is -2.17. The number of hydrogen-bond acceptors (Lipinski definition) is 3. The van der Waals surface area contributed by atoms with Crippen molar-refractivity contribution in [1.82, 2.24) is 4.98 Å². The summed E-state index contributed by atoms with van der Waals surface area (Å²) in [6, 6.07) is 73.4. The first-order valence-electron chi connectivity index (χ1n) is 18.7. The van der Waals surface area contributed by atoms with E-state index in [4.69, 9.17) is 9.40 Å². The highest BCUT2D eigenvalue weighted by Crippen LogP contribution is 2.40. The van der Waals surface area contributed by atoms with Gasteiger partial charge in [0.25, 0.3) is 0 Å². The van der Waals surface area contributed by atoms with Crippen LogP contribution in [-0.4, -0.2) is 4.98 Å². The number of fused-ring (bicyclic) bond motifs is 4. The van der Waals surface area contributed by atoms with Crippen LogP contribution in [0.1, 0.15) is 5.56 Å². The molecule has 10 aromatic rings. The zero-order valence-electron chi connectivity index (χ0n) is 30.1. The summed E-state index contributed by atoms with van der Waals surface area (Å²) in [5.74, 6) is 0.639. The van der Waals surface area contributed by atoms with Gasteiger partial charge in [0, 0.05) is 28.9 Å². The van der Waals surface area contributed by atoms with Gasteiger partial charge in [-0.1, -0.05) is 146 Å². The Kier molecular flexibility index (Phi) is 8.23. The fraction of sp³-hybridized carbons (Fsp3) is 0.0192. The molecule has 0 amide bonds. The number of nitrogens with zero attached hydrogens (tertiary/aromatic N) is 2. The summed E-state index contributed by atoms with van der Waals surface area (Å²) < 4.78 is 6.36. The summed E-state index contributed by atoms with van der Waals surface area (Å²) in [6.07, 6.45) is 0. The number of hydrogen-bond donors (Lipinski definition) is 0. The van der Waals surface area contributed by atoms with Crippen LogP contribution >= 0.6 is 0 Å². The van der Waals surface area contributed by atoms with E-state index in [-0.39, 0.29) is 0 Å². The molecule has 0 N–H and O–H groups in total. The number of oxazole rings is 1. The van der Waals surface area contributed by atoms with Crippen LogP contribution in [0.2, 0.25) is 0 Å². The van der Waals surface area contributed by atoms with E-state index >= 15 is 0 Å². The van der Waals surface area contributed by atoms with Crippen LogP contribution < -0.4 is 4.90 Å². The molecule has 0 fully saturated rings. The minimum Gasteiger partial charge on any atom is -0.435 e. The topological polar surface area (TPSA) is 29.3 Å². The van der Waals surface area contributed by atoms with Gasteiger partial charge in [0.2, 0.25) is 5.89 Å². The van der Waals surface area contributed by atoms with Crippen LogP contribution in [0, 0.1) is 0 Å². The van der Waals surface area contributed by atoms with E-state index in [1.54, 1.807) is 0 Å². The van der Waals surface area contributed by atoms with Crippen LogP contribution in [0.25, 0.3) is 77.5 Å². The van der Waals surface area contributed by atoms with Gasteiger partial charge in [0.15, 0.2) is 5.58 Å². The molecule has 0 aliphatic carbocycles. The van der Waals surface area contributed by atoms with Gasteiger partial charge in [0.05, 0.1) is 0 Å². The Morgan fingerprint density at radius 1 is 0.400 bits per heavy atom. The Morgan fingerprint density at radius 2 is 1.00 bits per heavy atom. The van der Waals surface area contributed by atoms with Gasteiger partial charge >= 0.3 is 0 Å². The van der Waals surface area contributed by atoms with Crippen LogP contribution in [-0.2, 0) is 6.54 Å². The zero-order valence-corrected chi connectivity index (χ0v) is 30.1. The molecule has 0 aliphatic heterocycles. The standard InChI is InChI=1S/C52H36N2O/c1-5-15-36(16-6-1)48-33-40(39-27-29-47-42(31-39)28-30-50-51(47)55-52(53-50)38-19-9-3-10-20-38)25-26-43(48)35-54(44-22-11-4-12-23-44)45-32-41-21-13-14-24-46(41)49(34-45)37-17-7-2-8-18-37/h1-34H,35H2. The molecule has 0 spiro atoms. The van der Waals surface area contributed by atoms with Crippen molar-refractivity contribution < 1.29 is 4.42 Å². The van der Waals surface area contributed by atoms with E-state index in [0.717, 1.165) is 49.9 Å². The molecular weight excluding hydrogens is 669 g/mol. The zero-order chi connectivity index (χ0) is 36.6. The molecule has 260 valence electrons. The maximum absolute atomic E-state index is 6.36. The van der Waals surface area contributed by atoms with Crippen molar-refractivity contribution in [2.24, 2.45) is 0 Å². The lowest BCUT2D eigenvalue weighted by molar-refractivity contribution is 0.623. The van der Waals surface area contributed by atoms with Crippen LogP contribution in [0.5, 0.6) is 0 Å². The molecular formula is C52H36N2O. The molecule has 0 saturated heterocycles. The van der Waals surface area contributed by atoms with Gasteiger partial charge < -0.3 is 9.32 Å². The number of benzene rings is 9. The number of para-hydroxylation sites is 1. The maximum Gasteiger partial charge on any atom is 0.227 e. The van der Waals surface area contributed by atoms with Crippen molar-refractivity contribution in [3.8, 4) is 44.8 Å². The minimum atomic E-state index is 0.639. The average molecular weight is 705 g/mol. The summed E-state index contributed by atoms with van der Waals surface area (Å²) in [4.78, 5) is 7.25. The lowest BCUT2D eigenvalue weighted by Gasteiger charge is -2.28. The van der Waals surface area contributed by atoms with Gasteiger partial charge in [-0.3, -0.25) is 0 Å². The summed E-state index contributed by atoms with van der Waals surface area (Å²) in [7, 11) is 0. The Balaban J connectivity index is 1.08. The van der Waals surface area contributed by atoms with Crippen molar-refractivity contribution in [2.45, 2.75) is 6.54 Å². The fourth-order valence-electron chi connectivity index (χ4n) is 7.80. The fourth-order valence-corrected chi connectivity index (χ4v) is 7.80. The Labute approximate surface area is 320 Å². The summed E-state index contributed by atoms with van der Waals surface area (Å²) in [6.45, 7) is 0.687. The third-order valence-electron chi connectivity index (χ3n) is 10.6. The van der Waals surface area contributed by atoms with E-state index in [0.29, 0.717) is 12.4 Å². The number of rotatable bonds is 8. The molecule has 0 radical (unpaired) electrons. The quantitative estimate of drug-likeness (QED) is 0.158. The van der Waals surface area contributed by atoms with E-state index in [9.17, 15) is 0 Å². The smallest absolute Gasteiger partial charge is 0.227 e. The van der Waals surface area contributed by atoms with E-state index in [1.807, 2.05) is 30.3 Å². The Morgan fingerprint density at radius 3 is 1.75 bits per heavy atom. The normalized spacial score (nSPS) is 11.3. The van der Waals surface area contributed by atoms with Crippen molar-refractivity contribution in [2.75, 3.05) is 4.90 Å². The van der Waals surface area contributed by atoms with E-state index in [2.05, 4.69) is 181 Å². The van der Waals surface area contributed by atoms with Gasteiger partial charge in [-0.15, -0.1) is 0 Å². The molecule has 0 unspecified atom stereocenters. The molecule has 9 aromatic carbocycles. The molecule has 1 heterocycles. The lowest BCUT2D eigenvalue weighted by atomic mass is 9.93. The van der Waals surface area contributed by atoms with Gasteiger partial charge in [-0.2, -0.15) is 0 Å². The molecule has 55 heavy (non-hydrogen) atoms. The van der Waals surface area contributed by atoms with Gasteiger partial charge in [0.1, 0.15) is 5.52 Å². The van der Waals surface area contributed by atoms with Gasteiger partial charge in [-0.05, 0) is 116 Å². The van der Waals surface area contributed by atoms with E-state index in [1.165, 1.54) is 38.6 Å². The largest absolute Gasteiger partial charge is 0.435 e. The SMILES string of the molecule is c1ccc(-c2nc3ccc4cc(-c5ccc(CN(c6ccccc6)c6cc(-c7ccccc7)c7ccccc7c6)c(-c6ccccc6)c5)ccc4c3o2)cc1. The van der Waals surface area contributed by atoms with Crippen LogP contribution in [0.15, 0.2) is 211 Å². The monoisotopic (exact) mass is 704 g/mol. The first-order valence-corrected chi connectivity index (χ1v) is 18.7. The second-order valence-electron chi connectivity index (χ2n) is 14.0. The number of anilines is 2. The number of aromatic nitrogens is 1. The first-order chi connectivity index (χ1) is 27.2. The summed E-state index contributed by atoms with van der Waals surface area (Å²) >= 11 is 0. The molecule has 10 rings (SSSR count). The minimum absolute atomic E-state index is 0.639. The average Bonchev–Trinajstić information content (AvgIpc) is 3.72. The molecule has 1 aromatic heterocycles. The Hall–Kier alpha value is -7.23. The third-order valence-corrected chi connectivity index (χ3v) is 10.6. The predicted octanol–water partition coefficient (Wildman–Crippen LogP) is 14.1. The second-order valence-corrected chi connectivity index (χ2v) is 14.0. The van der Waals surface area contributed by atoms with Crippen molar-refractivity contribution in [3.63, 3.8) is 0 Å². The molecule has 0 aliphatic rings. The van der Waals surface area contributed by atoms with Crippen molar-refractivity contribution in [3.05, 3.63) is 212 Å². The maximum atomic E-state index is 6.36. The highest BCUT2D eigenvalue weighted by Gasteiger charge is 2.18. The Bertz CT molecular complexity index is 2940. The molecule has 3 nitrogen and oxygen atoms in total.